The topological polar surface area (TPSA) is 8.17 Å². The zero-order chi connectivity index (χ0) is 30.6. The van der Waals surface area contributed by atoms with Crippen molar-refractivity contribution in [1.82, 2.24) is 4.48 Å². The molecule has 3 heteroatoms. The SMILES string of the molecule is CC1(C)C2=C(B3c4c(cccc4N2c2ccccc2)-c2cccc4c(-c5ccccc5)c(-c5ccccc5)n3c24)c2ccccc21. The number of hydrogen-bond donors (Lipinski definition) is 0. The number of rotatable bonds is 3. The highest BCUT2D eigenvalue weighted by molar-refractivity contribution is 6.93. The first kappa shape index (κ1) is 25.8. The lowest BCUT2D eigenvalue weighted by atomic mass is 9.43. The van der Waals surface area contributed by atoms with Crippen LogP contribution in [0.3, 0.4) is 0 Å². The van der Waals surface area contributed by atoms with Crippen molar-refractivity contribution in [2.75, 3.05) is 4.90 Å². The monoisotopic (exact) mass is 586 g/mol. The lowest BCUT2D eigenvalue weighted by Gasteiger charge is -2.43. The highest BCUT2D eigenvalue weighted by Crippen LogP contribution is 2.57. The molecule has 0 radical (unpaired) electrons. The predicted octanol–water partition coefficient (Wildman–Crippen LogP) is 10.1. The Morgan fingerprint density at radius 2 is 1.15 bits per heavy atom. The molecule has 0 saturated heterocycles. The molecule has 0 bridgehead atoms. The summed E-state index contributed by atoms with van der Waals surface area (Å²) in [5.74, 6) is 0. The molecule has 2 nitrogen and oxygen atoms in total. The third kappa shape index (κ3) is 3.22. The maximum absolute atomic E-state index is 2.71. The fourth-order valence-electron chi connectivity index (χ4n) is 8.79. The fourth-order valence-corrected chi connectivity index (χ4v) is 8.79. The largest absolute Gasteiger partial charge is 0.375 e. The molecular weight excluding hydrogens is 555 g/mol. The Labute approximate surface area is 270 Å². The Hall–Kier alpha value is -5.54. The number of benzene rings is 6. The second kappa shape index (κ2) is 9.25. The fraction of sp³-hybridized carbons (Fsp3) is 0.0698. The molecule has 0 saturated carbocycles. The molecule has 46 heavy (non-hydrogen) atoms. The van der Waals surface area contributed by atoms with Gasteiger partial charge in [-0.25, -0.2) is 0 Å². The van der Waals surface area contributed by atoms with Crippen molar-refractivity contribution in [3.05, 3.63) is 168 Å². The normalized spacial score (nSPS) is 15.2. The summed E-state index contributed by atoms with van der Waals surface area (Å²) in [5, 5.41) is 1.30. The number of nitrogens with zero attached hydrogens (tertiary/aromatic N) is 2. The van der Waals surface area contributed by atoms with Crippen molar-refractivity contribution in [2.24, 2.45) is 0 Å². The zero-order valence-electron chi connectivity index (χ0n) is 25.9. The van der Waals surface area contributed by atoms with Crippen LogP contribution in [0.5, 0.6) is 0 Å². The molecule has 10 rings (SSSR count). The Morgan fingerprint density at radius 3 is 1.91 bits per heavy atom. The first-order valence-electron chi connectivity index (χ1n) is 16.3. The van der Waals surface area contributed by atoms with Gasteiger partial charge in [0.25, 0.3) is 0 Å². The van der Waals surface area contributed by atoms with Crippen LogP contribution >= 0.6 is 0 Å². The summed E-state index contributed by atoms with van der Waals surface area (Å²) in [5.41, 5.74) is 18.2. The van der Waals surface area contributed by atoms with Gasteiger partial charge in [-0.05, 0) is 57.0 Å². The average molecular weight is 587 g/mol. The first-order chi connectivity index (χ1) is 22.6. The van der Waals surface area contributed by atoms with Crippen molar-refractivity contribution in [3.8, 4) is 33.5 Å². The molecule has 7 aromatic rings. The molecule has 3 heterocycles. The standard InChI is InChI=1S/C43H31BN2/c1-43(2)35-26-13-12-22-33(35)39-42(43)45(30-20-10-5-11-21-30)36-27-15-23-31-32-24-14-25-34-37(28-16-6-3-7-17-28)40(29-18-8-4-9-19-29)46(41(32)34)44(39)38(31)36/h3-27H,1-2H3. The van der Waals surface area contributed by atoms with E-state index >= 15 is 0 Å². The van der Waals surface area contributed by atoms with E-state index < -0.39 is 0 Å². The van der Waals surface area contributed by atoms with Crippen LogP contribution in [0.1, 0.15) is 25.0 Å². The van der Waals surface area contributed by atoms with E-state index in [2.05, 4.69) is 175 Å². The van der Waals surface area contributed by atoms with Gasteiger partial charge >= 0.3 is 6.85 Å². The molecule has 0 amide bonds. The second-order valence-corrected chi connectivity index (χ2v) is 13.3. The number of anilines is 2. The smallest absolute Gasteiger partial charge is 0.333 e. The van der Waals surface area contributed by atoms with Crippen LogP contribution < -0.4 is 10.4 Å². The number of fused-ring (bicyclic) bond motifs is 5. The van der Waals surface area contributed by atoms with Crippen LogP contribution in [0.25, 0.3) is 49.9 Å². The van der Waals surface area contributed by atoms with E-state index in [0.717, 1.165) is 0 Å². The van der Waals surface area contributed by atoms with E-state index in [-0.39, 0.29) is 12.3 Å². The Balaban J connectivity index is 1.43. The van der Waals surface area contributed by atoms with E-state index in [1.807, 2.05) is 0 Å². The maximum atomic E-state index is 2.71. The van der Waals surface area contributed by atoms with Crippen molar-refractivity contribution in [2.45, 2.75) is 19.3 Å². The van der Waals surface area contributed by atoms with Gasteiger partial charge < -0.3 is 9.38 Å². The molecule has 6 aromatic carbocycles. The third-order valence-corrected chi connectivity index (χ3v) is 10.5. The number of hydrogen-bond acceptors (Lipinski definition) is 1. The van der Waals surface area contributed by atoms with Crippen molar-refractivity contribution >= 4 is 40.1 Å². The first-order valence-corrected chi connectivity index (χ1v) is 16.3. The molecule has 3 aliphatic rings. The zero-order valence-corrected chi connectivity index (χ0v) is 25.9. The minimum atomic E-state index is -0.201. The average Bonchev–Trinajstić information content (AvgIpc) is 3.58. The summed E-state index contributed by atoms with van der Waals surface area (Å²) in [6.45, 7) is 4.83. The molecular formula is C43H31BN2. The summed E-state index contributed by atoms with van der Waals surface area (Å²) in [7, 11) is 0. The van der Waals surface area contributed by atoms with E-state index in [1.54, 1.807) is 0 Å². The van der Waals surface area contributed by atoms with Crippen LogP contribution in [0.2, 0.25) is 0 Å². The summed E-state index contributed by atoms with van der Waals surface area (Å²) in [6, 6.07) is 56.0. The van der Waals surface area contributed by atoms with Crippen molar-refractivity contribution in [3.63, 3.8) is 0 Å². The molecule has 216 valence electrons. The highest BCUT2D eigenvalue weighted by Gasteiger charge is 2.52. The summed E-state index contributed by atoms with van der Waals surface area (Å²) >= 11 is 0. The van der Waals surface area contributed by atoms with Gasteiger partial charge in [0.15, 0.2) is 0 Å². The molecule has 0 spiro atoms. The van der Waals surface area contributed by atoms with Crippen LogP contribution in [-0.4, -0.2) is 11.3 Å². The lowest BCUT2D eigenvalue weighted by molar-refractivity contribution is 0.625. The Bertz CT molecular complexity index is 2380. The minimum absolute atomic E-state index is 0.00848. The molecule has 1 aromatic heterocycles. The van der Waals surface area contributed by atoms with Gasteiger partial charge in [0.1, 0.15) is 0 Å². The van der Waals surface area contributed by atoms with Crippen LogP contribution in [-0.2, 0) is 5.41 Å². The third-order valence-electron chi connectivity index (χ3n) is 10.5. The Morgan fingerprint density at radius 1 is 0.543 bits per heavy atom. The number of para-hydroxylation sites is 2. The molecule has 0 fully saturated rings. The maximum Gasteiger partial charge on any atom is 0.333 e. The molecule has 0 atom stereocenters. The van der Waals surface area contributed by atoms with Gasteiger partial charge in [-0.15, -0.1) is 0 Å². The van der Waals surface area contributed by atoms with Gasteiger partial charge in [0.2, 0.25) is 0 Å². The van der Waals surface area contributed by atoms with Crippen molar-refractivity contribution < 1.29 is 0 Å². The van der Waals surface area contributed by atoms with Gasteiger partial charge in [-0.3, -0.25) is 0 Å². The number of allylic oxidation sites excluding steroid dienone is 1. The second-order valence-electron chi connectivity index (χ2n) is 13.3. The summed E-state index contributed by atoms with van der Waals surface area (Å²) < 4.78 is 2.71. The lowest BCUT2D eigenvalue weighted by Crippen LogP contribution is -2.50. The molecule has 1 aliphatic carbocycles. The predicted molar refractivity (Wildman–Crippen MR) is 194 cm³/mol. The van der Waals surface area contributed by atoms with Gasteiger partial charge in [0, 0.05) is 50.2 Å². The van der Waals surface area contributed by atoms with Crippen LogP contribution in [0.15, 0.2) is 157 Å². The molecule has 2 aliphatic heterocycles. The summed E-state index contributed by atoms with van der Waals surface area (Å²) in [4.78, 5) is 2.57. The van der Waals surface area contributed by atoms with E-state index in [0.29, 0.717) is 0 Å². The van der Waals surface area contributed by atoms with E-state index in [9.17, 15) is 0 Å². The van der Waals surface area contributed by atoms with Gasteiger partial charge in [-0.1, -0.05) is 147 Å². The van der Waals surface area contributed by atoms with Crippen LogP contribution in [0.4, 0.5) is 11.4 Å². The highest BCUT2D eigenvalue weighted by atomic mass is 15.2. The quantitative estimate of drug-likeness (QED) is 0.187. The van der Waals surface area contributed by atoms with Crippen LogP contribution in [0, 0.1) is 0 Å². The molecule has 0 unspecified atom stereocenters. The Kier molecular flexibility index (Phi) is 5.18. The van der Waals surface area contributed by atoms with E-state index in [4.69, 9.17) is 0 Å². The van der Waals surface area contributed by atoms with Gasteiger partial charge in [-0.2, -0.15) is 0 Å². The number of aromatic nitrogens is 1. The molecule has 0 N–H and O–H groups in total. The summed E-state index contributed by atoms with van der Waals surface area (Å²) in [6.07, 6.45) is 0. The van der Waals surface area contributed by atoms with E-state index in [1.165, 1.54) is 83.5 Å². The van der Waals surface area contributed by atoms with Crippen molar-refractivity contribution in [1.29, 1.82) is 0 Å². The minimum Gasteiger partial charge on any atom is -0.375 e. The van der Waals surface area contributed by atoms with Gasteiger partial charge in [0.05, 0.1) is 0 Å².